The summed E-state index contributed by atoms with van der Waals surface area (Å²) in [6.45, 7) is 4.52. The van der Waals surface area contributed by atoms with E-state index in [4.69, 9.17) is 23.7 Å². The summed E-state index contributed by atoms with van der Waals surface area (Å²) in [4.78, 5) is 13.6. The van der Waals surface area contributed by atoms with Crippen LogP contribution in [0.15, 0.2) is 36.4 Å². The first-order chi connectivity index (χ1) is 21.0. The van der Waals surface area contributed by atoms with E-state index in [1.54, 1.807) is 37.3 Å². The summed E-state index contributed by atoms with van der Waals surface area (Å²) in [6, 6.07) is 13.4. The van der Waals surface area contributed by atoms with Gasteiger partial charge in [0.1, 0.15) is 24.5 Å². The average molecular weight is 617 g/mol. The van der Waals surface area contributed by atoms with E-state index in [2.05, 4.69) is 6.07 Å². The molecule has 4 N–H and O–H groups in total. The van der Waals surface area contributed by atoms with Crippen molar-refractivity contribution in [3.05, 3.63) is 47.5 Å². The first-order valence-corrected chi connectivity index (χ1v) is 14.5. The van der Waals surface area contributed by atoms with Crippen LogP contribution in [-0.2, 0) is 21.4 Å². The first kappa shape index (κ1) is 34.9. The Kier molecular flexibility index (Phi) is 12.2. The van der Waals surface area contributed by atoms with Crippen LogP contribution in [0.3, 0.4) is 0 Å². The average Bonchev–Trinajstić information content (AvgIpc) is 3.03. The Morgan fingerprint density at radius 3 is 2.05 bits per heavy atom. The Balaban J connectivity index is 1.91. The number of hydrogen-bond donors (Lipinski definition) is 4. The number of aliphatic hydroxyl groups excluding tert-OH is 3. The number of ether oxygens (including phenoxy) is 5. The monoisotopic (exact) mass is 616 g/mol. The third-order valence-electron chi connectivity index (χ3n) is 8.43. The number of benzene rings is 2. The highest BCUT2D eigenvalue weighted by molar-refractivity contribution is 5.73. The van der Waals surface area contributed by atoms with Crippen LogP contribution in [-0.4, -0.2) is 103 Å². The van der Waals surface area contributed by atoms with Crippen molar-refractivity contribution in [3.8, 4) is 29.1 Å². The van der Waals surface area contributed by atoms with Gasteiger partial charge in [0.2, 0.25) is 0 Å². The van der Waals surface area contributed by atoms with Crippen molar-refractivity contribution in [2.45, 2.75) is 69.2 Å². The lowest BCUT2D eigenvalue weighted by Crippen LogP contribution is -2.64. The summed E-state index contributed by atoms with van der Waals surface area (Å²) in [7, 11) is 6.15. The van der Waals surface area contributed by atoms with Crippen LogP contribution in [0.25, 0.3) is 0 Å². The standard InChI is InChI=1S/C32H44N2O10/c1-19(2)32(18-33,21-9-11-23(41-4)25(17-21)43-6)13-7-14-34(15-12-20-8-10-22(40-3)24(16-20)42-5)30-28(37)26(35)27(36)29(44-30)31(38)39/h8-11,16-17,19,26-30,35-37H,7,12-15H2,1-6H3,(H,38,39)/t26-,27-,28+,29-,30+,32?/m0/s1. The molecule has 0 bridgehead atoms. The zero-order chi connectivity index (χ0) is 32.6. The fourth-order valence-corrected chi connectivity index (χ4v) is 5.73. The normalized spacial score (nSPS) is 23.1. The molecule has 6 atom stereocenters. The van der Waals surface area contributed by atoms with Gasteiger partial charge in [0.15, 0.2) is 29.1 Å². The fraction of sp³-hybridized carbons (Fsp3) is 0.562. The molecule has 0 amide bonds. The minimum Gasteiger partial charge on any atom is -0.493 e. The van der Waals surface area contributed by atoms with Crippen LogP contribution in [0, 0.1) is 17.2 Å². The molecule has 12 heteroatoms. The van der Waals surface area contributed by atoms with Crippen molar-refractivity contribution in [1.29, 1.82) is 5.26 Å². The van der Waals surface area contributed by atoms with Gasteiger partial charge in [-0.3, -0.25) is 4.90 Å². The highest BCUT2D eigenvalue weighted by Gasteiger charge is 2.48. The van der Waals surface area contributed by atoms with E-state index in [9.17, 15) is 30.5 Å². The highest BCUT2D eigenvalue weighted by atomic mass is 16.6. The molecule has 12 nitrogen and oxygen atoms in total. The molecule has 1 fully saturated rings. The number of nitriles is 1. The lowest BCUT2D eigenvalue weighted by atomic mass is 9.69. The molecule has 0 aliphatic carbocycles. The van der Waals surface area contributed by atoms with Gasteiger partial charge < -0.3 is 44.1 Å². The second-order valence-electron chi connectivity index (χ2n) is 11.1. The topological polar surface area (TPSA) is 171 Å². The number of carboxylic acids is 1. The van der Waals surface area contributed by atoms with Crippen LogP contribution in [0.4, 0.5) is 0 Å². The minimum atomic E-state index is -1.80. The number of carbonyl (C=O) groups is 1. The number of nitrogens with zero attached hydrogens (tertiary/aromatic N) is 2. The molecule has 0 saturated carbocycles. The zero-order valence-electron chi connectivity index (χ0n) is 26.1. The molecule has 1 aliphatic rings. The van der Waals surface area contributed by atoms with Crippen LogP contribution < -0.4 is 18.9 Å². The molecule has 3 rings (SSSR count). The Hall–Kier alpha value is -3.60. The summed E-state index contributed by atoms with van der Waals surface area (Å²) in [6.07, 6.45) is -6.76. The predicted octanol–water partition coefficient (Wildman–Crippen LogP) is 2.36. The third kappa shape index (κ3) is 7.36. The van der Waals surface area contributed by atoms with E-state index in [-0.39, 0.29) is 12.5 Å². The van der Waals surface area contributed by atoms with Crippen LogP contribution in [0.2, 0.25) is 0 Å². The number of rotatable bonds is 15. The molecular weight excluding hydrogens is 572 g/mol. The van der Waals surface area contributed by atoms with Gasteiger partial charge in [0.05, 0.1) is 39.9 Å². The molecule has 0 spiro atoms. The zero-order valence-corrected chi connectivity index (χ0v) is 26.1. The maximum Gasteiger partial charge on any atom is 0.335 e. The molecule has 242 valence electrons. The molecule has 0 aromatic heterocycles. The molecular formula is C32H44N2O10. The van der Waals surface area contributed by atoms with Gasteiger partial charge in [-0.05, 0) is 60.6 Å². The van der Waals surface area contributed by atoms with Crippen molar-refractivity contribution >= 4 is 5.97 Å². The second kappa shape index (κ2) is 15.4. The maximum absolute atomic E-state index is 11.8. The summed E-state index contributed by atoms with van der Waals surface area (Å²) in [5, 5.41) is 51.8. The second-order valence-corrected chi connectivity index (χ2v) is 11.1. The van der Waals surface area contributed by atoms with Crippen LogP contribution in [0.1, 0.15) is 37.8 Å². The largest absolute Gasteiger partial charge is 0.493 e. The third-order valence-corrected chi connectivity index (χ3v) is 8.43. The van der Waals surface area contributed by atoms with E-state index >= 15 is 0 Å². The van der Waals surface area contributed by atoms with E-state index in [0.717, 1.165) is 11.1 Å². The Morgan fingerprint density at radius 2 is 1.50 bits per heavy atom. The number of aliphatic carboxylic acids is 1. The van der Waals surface area contributed by atoms with E-state index in [1.165, 1.54) is 14.2 Å². The van der Waals surface area contributed by atoms with Gasteiger partial charge in [0, 0.05) is 13.1 Å². The lowest BCUT2D eigenvalue weighted by molar-refractivity contribution is -0.259. The molecule has 44 heavy (non-hydrogen) atoms. The van der Waals surface area contributed by atoms with Gasteiger partial charge in [-0.2, -0.15) is 5.26 Å². The maximum atomic E-state index is 11.8. The van der Waals surface area contributed by atoms with E-state index in [0.29, 0.717) is 48.8 Å². The first-order valence-electron chi connectivity index (χ1n) is 14.5. The Labute approximate surface area is 258 Å². The number of carboxylic acid groups (broad SMARTS) is 1. The number of methoxy groups -OCH3 is 4. The van der Waals surface area contributed by atoms with Crippen molar-refractivity contribution in [2.75, 3.05) is 41.5 Å². The van der Waals surface area contributed by atoms with Crippen molar-refractivity contribution in [2.24, 2.45) is 5.92 Å². The highest BCUT2D eigenvalue weighted by Crippen LogP contribution is 2.41. The summed E-state index contributed by atoms with van der Waals surface area (Å²) in [5.74, 6) is 0.622. The molecule has 1 aliphatic heterocycles. The summed E-state index contributed by atoms with van der Waals surface area (Å²) >= 11 is 0. The number of hydrogen-bond acceptors (Lipinski definition) is 11. The smallest absolute Gasteiger partial charge is 0.335 e. The van der Waals surface area contributed by atoms with Gasteiger partial charge in [-0.25, -0.2) is 4.79 Å². The van der Waals surface area contributed by atoms with E-state index < -0.39 is 42.0 Å². The SMILES string of the molecule is COc1ccc(CCN(CCCC(C#N)(c2ccc(OC)c(OC)c2)C(C)C)[C@@H]2O[C@H](C(=O)O)[C@@H](O)[C@H](O)[C@H]2O)cc1OC. The van der Waals surface area contributed by atoms with Crippen LogP contribution >= 0.6 is 0 Å². The van der Waals surface area contributed by atoms with Crippen LogP contribution in [0.5, 0.6) is 23.0 Å². The van der Waals surface area contributed by atoms with Crippen molar-refractivity contribution in [1.82, 2.24) is 4.90 Å². The molecule has 1 unspecified atom stereocenters. The lowest BCUT2D eigenvalue weighted by Gasteiger charge is -2.44. The molecule has 2 aromatic carbocycles. The molecule has 0 radical (unpaired) electrons. The predicted molar refractivity (Wildman–Crippen MR) is 160 cm³/mol. The number of aliphatic hydroxyl groups is 3. The van der Waals surface area contributed by atoms with Gasteiger partial charge in [0.25, 0.3) is 0 Å². The molecule has 1 heterocycles. The van der Waals surface area contributed by atoms with Gasteiger partial charge in [-0.1, -0.05) is 26.0 Å². The van der Waals surface area contributed by atoms with Gasteiger partial charge >= 0.3 is 5.97 Å². The molecule has 2 aromatic rings. The van der Waals surface area contributed by atoms with Crippen molar-refractivity contribution < 1.29 is 48.9 Å². The van der Waals surface area contributed by atoms with Gasteiger partial charge in [-0.15, -0.1) is 0 Å². The molecule has 1 saturated heterocycles. The summed E-state index contributed by atoms with van der Waals surface area (Å²) in [5.41, 5.74) is 0.745. The van der Waals surface area contributed by atoms with Crippen molar-refractivity contribution in [3.63, 3.8) is 0 Å². The summed E-state index contributed by atoms with van der Waals surface area (Å²) < 4.78 is 27.3. The Bertz CT molecular complexity index is 1300. The Morgan fingerprint density at radius 1 is 0.909 bits per heavy atom. The quantitative estimate of drug-likeness (QED) is 0.231. The fourth-order valence-electron chi connectivity index (χ4n) is 5.73. The minimum absolute atomic E-state index is 0.0873. The van der Waals surface area contributed by atoms with E-state index in [1.807, 2.05) is 32.0 Å².